The summed E-state index contributed by atoms with van der Waals surface area (Å²) >= 11 is 0. The molecule has 1 aliphatic rings. The number of aryl methyl sites for hydroxylation is 1. The molecule has 4 nitrogen and oxygen atoms in total. The first-order valence-electron chi connectivity index (χ1n) is 7.96. The number of hydrogen-bond donors (Lipinski definition) is 0. The van der Waals surface area contributed by atoms with Gasteiger partial charge in [0.1, 0.15) is 12.1 Å². The first kappa shape index (κ1) is 7.85. The lowest BCUT2D eigenvalue weighted by Gasteiger charge is -1.91. The highest BCUT2D eigenvalue weighted by Crippen LogP contribution is 2.34. The third-order valence-corrected chi connectivity index (χ3v) is 3.93. The van der Waals surface area contributed by atoms with Gasteiger partial charge < -0.3 is 4.42 Å². The maximum Gasteiger partial charge on any atom is 0.329 e. The van der Waals surface area contributed by atoms with E-state index in [2.05, 4.69) is 4.98 Å². The molecular formula is C16H12N3O+. The van der Waals surface area contributed by atoms with Crippen molar-refractivity contribution in [2.75, 3.05) is 0 Å². The molecule has 4 heteroatoms. The predicted octanol–water partition coefficient (Wildman–Crippen LogP) is 2.64. The molecule has 0 saturated carbocycles. The van der Waals surface area contributed by atoms with Crippen molar-refractivity contribution >= 4 is 22.1 Å². The van der Waals surface area contributed by atoms with Crippen molar-refractivity contribution in [2.45, 2.75) is 6.54 Å². The van der Waals surface area contributed by atoms with Crippen LogP contribution in [0.15, 0.2) is 47.0 Å². The molecule has 0 amide bonds. The number of nitrogens with zero attached hydrogens (tertiary/aromatic N) is 3. The molecular weight excluding hydrogens is 250 g/mol. The Morgan fingerprint density at radius 3 is 3.20 bits per heavy atom. The van der Waals surface area contributed by atoms with Crippen molar-refractivity contribution in [1.29, 1.82) is 0 Å². The van der Waals surface area contributed by atoms with Gasteiger partial charge in [-0.1, -0.05) is 12.1 Å². The molecule has 0 saturated heterocycles. The van der Waals surface area contributed by atoms with Crippen LogP contribution in [-0.2, 0) is 13.5 Å². The second-order valence-corrected chi connectivity index (χ2v) is 5.00. The van der Waals surface area contributed by atoms with Gasteiger partial charge in [0, 0.05) is 6.20 Å². The minimum absolute atomic E-state index is 0.519. The van der Waals surface area contributed by atoms with Crippen molar-refractivity contribution in [3.05, 3.63) is 48.3 Å². The highest BCUT2D eigenvalue weighted by molar-refractivity contribution is 6.02. The third kappa shape index (κ3) is 1.04. The Hall–Kier alpha value is -2.62. The van der Waals surface area contributed by atoms with Crippen LogP contribution < -0.4 is 4.57 Å². The molecule has 4 heterocycles. The van der Waals surface area contributed by atoms with Gasteiger partial charge in [0.15, 0.2) is 0 Å². The van der Waals surface area contributed by atoms with E-state index in [-0.39, 0.29) is 0 Å². The number of fused-ring (bicyclic) bond motifs is 7. The van der Waals surface area contributed by atoms with E-state index in [0.29, 0.717) is 29.2 Å². The number of oxazole rings is 1. The molecule has 0 N–H and O–H groups in total. The van der Waals surface area contributed by atoms with Gasteiger partial charge in [-0.3, -0.25) is 4.98 Å². The van der Waals surface area contributed by atoms with Crippen LogP contribution in [0.5, 0.6) is 0 Å². The van der Waals surface area contributed by atoms with Crippen molar-refractivity contribution < 1.29 is 13.1 Å². The van der Waals surface area contributed by atoms with E-state index in [1.807, 2.05) is 41.0 Å². The number of aromatic nitrogens is 3. The number of para-hydroxylation sites is 1. The summed E-state index contributed by atoms with van der Waals surface area (Å²) in [5, 5.41) is 0.811. The molecule has 20 heavy (non-hydrogen) atoms. The summed E-state index contributed by atoms with van der Waals surface area (Å²) in [6.45, 7) is -1.76. The summed E-state index contributed by atoms with van der Waals surface area (Å²) in [6.07, 6.45) is 1.74. The monoisotopic (exact) mass is 265 g/mol. The van der Waals surface area contributed by atoms with Crippen LogP contribution in [-0.4, -0.2) is 9.55 Å². The standard InChI is InChI=1S/C16H12N3O/c1-18-13-7-3-2-5-11(13)14-15(18)19-9-12-10(16(19)20-14)6-4-8-17-12/h2-8H,9H2,1H3/q+1/i1D3. The van der Waals surface area contributed by atoms with E-state index < -0.39 is 6.98 Å². The van der Waals surface area contributed by atoms with Crippen molar-refractivity contribution in [3.8, 4) is 11.5 Å². The van der Waals surface area contributed by atoms with Gasteiger partial charge in [0.2, 0.25) is 5.58 Å². The molecule has 96 valence electrons. The van der Waals surface area contributed by atoms with Crippen LogP contribution in [0, 0.1) is 0 Å². The van der Waals surface area contributed by atoms with Crippen molar-refractivity contribution in [3.63, 3.8) is 0 Å². The molecule has 5 rings (SSSR count). The minimum atomic E-state index is -2.28. The molecule has 0 aliphatic carbocycles. The van der Waals surface area contributed by atoms with Crippen LogP contribution in [0.3, 0.4) is 0 Å². The molecule has 0 spiro atoms. The van der Waals surface area contributed by atoms with Gasteiger partial charge in [-0.15, -0.1) is 0 Å². The fourth-order valence-electron chi connectivity index (χ4n) is 3.04. The Kier molecular flexibility index (Phi) is 1.29. The van der Waals surface area contributed by atoms with Gasteiger partial charge in [0.05, 0.1) is 27.7 Å². The number of hydrogen-bond acceptors (Lipinski definition) is 2. The third-order valence-electron chi connectivity index (χ3n) is 3.93. The average Bonchev–Trinajstić information content (AvgIpc) is 3.13. The molecule has 0 fully saturated rings. The van der Waals surface area contributed by atoms with Crippen LogP contribution in [0.2, 0.25) is 0 Å². The number of rotatable bonds is 0. The van der Waals surface area contributed by atoms with E-state index in [1.165, 1.54) is 4.57 Å². The quantitative estimate of drug-likeness (QED) is 0.403. The van der Waals surface area contributed by atoms with Crippen LogP contribution in [0.25, 0.3) is 33.6 Å². The van der Waals surface area contributed by atoms with Crippen molar-refractivity contribution in [1.82, 2.24) is 9.55 Å². The lowest BCUT2D eigenvalue weighted by molar-refractivity contribution is -0.652. The molecule has 0 radical (unpaired) electrons. The Balaban J connectivity index is 1.97. The SMILES string of the molecule is [2H]C([2H])([2H])n1c2ccccc2c2oc3[n+](c21)Cc1ncccc1-3. The van der Waals surface area contributed by atoms with Crippen LogP contribution in [0.4, 0.5) is 0 Å². The summed E-state index contributed by atoms with van der Waals surface area (Å²) in [6, 6.07) is 11.2. The molecule has 3 aromatic heterocycles. The smallest absolute Gasteiger partial charge is 0.329 e. The predicted molar refractivity (Wildman–Crippen MR) is 75.2 cm³/mol. The van der Waals surface area contributed by atoms with Crippen LogP contribution >= 0.6 is 0 Å². The normalized spacial score (nSPS) is 15.9. The fourth-order valence-corrected chi connectivity index (χ4v) is 3.04. The lowest BCUT2D eigenvalue weighted by Crippen LogP contribution is -2.32. The zero-order valence-electron chi connectivity index (χ0n) is 13.5. The maximum absolute atomic E-state index is 7.94. The van der Waals surface area contributed by atoms with E-state index in [9.17, 15) is 0 Å². The second kappa shape index (κ2) is 3.28. The van der Waals surface area contributed by atoms with Crippen molar-refractivity contribution in [2.24, 2.45) is 6.98 Å². The van der Waals surface area contributed by atoms with E-state index in [0.717, 1.165) is 16.6 Å². The largest absolute Gasteiger partial charge is 0.413 e. The Morgan fingerprint density at radius 1 is 1.30 bits per heavy atom. The Labute approximate surface area is 119 Å². The van der Waals surface area contributed by atoms with E-state index >= 15 is 0 Å². The zero-order chi connectivity index (χ0) is 15.8. The Bertz CT molecular complexity index is 1090. The molecule has 0 unspecified atom stereocenters. The average molecular weight is 265 g/mol. The Morgan fingerprint density at radius 2 is 2.25 bits per heavy atom. The highest BCUT2D eigenvalue weighted by Gasteiger charge is 2.34. The second-order valence-electron chi connectivity index (χ2n) is 5.00. The molecule has 4 aromatic rings. The van der Waals surface area contributed by atoms with Crippen LogP contribution in [0.1, 0.15) is 9.81 Å². The minimum Gasteiger partial charge on any atom is -0.413 e. The summed E-state index contributed by atoms with van der Waals surface area (Å²) in [4.78, 5) is 4.37. The number of benzene rings is 1. The summed E-state index contributed by atoms with van der Waals surface area (Å²) < 4.78 is 33.2. The maximum atomic E-state index is 7.94. The van der Waals surface area contributed by atoms with Gasteiger partial charge in [-0.2, -0.15) is 4.57 Å². The zero-order valence-corrected chi connectivity index (χ0v) is 10.5. The lowest BCUT2D eigenvalue weighted by atomic mass is 10.2. The first-order valence-corrected chi connectivity index (χ1v) is 6.46. The summed E-state index contributed by atoms with van der Waals surface area (Å²) in [5.74, 6) is 0.668. The van der Waals surface area contributed by atoms with Gasteiger partial charge >= 0.3 is 5.65 Å². The fraction of sp³-hybridized carbons (Fsp3) is 0.125. The van der Waals surface area contributed by atoms with Gasteiger partial charge in [-0.25, -0.2) is 4.57 Å². The summed E-state index contributed by atoms with van der Waals surface area (Å²) in [5.41, 5.74) is 3.67. The molecule has 0 atom stereocenters. The number of pyridine rings is 1. The molecule has 1 aromatic carbocycles. The molecule has 1 aliphatic heterocycles. The summed E-state index contributed by atoms with van der Waals surface area (Å²) in [7, 11) is 0. The van der Waals surface area contributed by atoms with E-state index in [4.69, 9.17) is 8.53 Å². The topological polar surface area (TPSA) is 34.8 Å². The highest BCUT2D eigenvalue weighted by atomic mass is 16.4. The van der Waals surface area contributed by atoms with Gasteiger partial charge in [0.25, 0.3) is 5.89 Å². The molecule has 0 bridgehead atoms. The first-order chi connectivity index (χ1) is 11.1. The van der Waals surface area contributed by atoms with Gasteiger partial charge in [-0.05, 0) is 24.3 Å². The van der Waals surface area contributed by atoms with E-state index in [1.54, 1.807) is 6.20 Å².